The van der Waals surface area contributed by atoms with Crippen molar-refractivity contribution in [1.82, 2.24) is 0 Å². The summed E-state index contributed by atoms with van der Waals surface area (Å²) in [5, 5.41) is 6.18. The summed E-state index contributed by atoms with van der Waals surface area (Å²) in [6.45, 7) is 2.95. The Bertz CT molecular complexity index is 792. The zero-order chi connectivity index (χ0) is 22.9. The maximum Gasteiger partial charge on any atom is 0.437 e. The highest BCUT2D eigenvalue weighted by Gasteiger charge is 2.03. The number of anilines is 1. The number of halogens is 1. The van der Waals surface area contributed by atoms with Gasteiger partial charge in [0.15, 0.2) is 0 Å². The number of nitrogens with zero attached hydrogens (tertiary/aromatic N) is 1. The molecule has 2 rings (SSSR count). The Labute approximate surface area is 191 Å². The Kier molecular flexibility index (Phi) is 12.6. The van der Waals surface area contributed by atoms with Gasteiger partial charge in [0.05, 0.1) is 12.8 Å². The molecule has 174 valence electrons. The molecule has 0 aliphatic heterocycles. The minimum absolute atomic E-state index is 0.336. The molecule has 2 aromatic carbocycles. The smallest absolute Gasteiger partial charge is 0.437 e. The van der Waals surface area contributed by atoms with E-state index in [4.69, 9.17) is 9.57 Å². The van der Waals surface area contributed by atoms with Gasteiger partial charge in [-0.15, -0.1) is 0 Å². The highest BCUT2D eigenvalue weighted by atomic mass is 19.1. The molecular weight excluding hydrogens is 407 g/mol. The molecular formula is C26H35FN2O3. The average Bonchev–Trinajstić information content (AvgIpc) is 2.80. The van der Waals surface area contributed by atoms with Gasteiger partial charge in [-0.05, 0) is 48.4 Å². The van der Waals surface area contributed by atoms with Crippen LogP contribution in [0.4, 0.5) is 14.9 Å². The van der Waals surface area contributed by atoms with E-state index in [0.717, 1.165) is 12.2 Å². The second-order valence-electron chi connectivity index (χ2n) is 7.84. The summed E-state index contributed by atoms with van der Waals surface area (Å²) in [5.74, 6) is 0.436. The van der Waals surface area contributed by atoms with Crippen LogP contribution >= 0.6 is 0 Å². The lowest BCUT2D eigenvalue weighted by Crippen LogP contribution is -2.10. The van der Waals surface area contributed by atoms with Gasteiger partial charge in [0.25, 0.3) is 0 Å². The monoisotopic (exact) mass is 442 g/mol. The van der Waals surface area contributed by atoms with Gasteiger partial charge in [0.2, 0.25) is 0 Å². The first-order valence-corrected chi connectivity index (χ1v) is 11.7. The van der Waals surface area contributed by atoms with Crippen LogP contribution in [0.5, 0.6) is 5.75 Å². The van der Waals surface area contributed by atoms with E-state index >= 15 is 0 Å². The second kappa shape index (κ2) is 15.8. The lowest BCUT2D eigenvalue weighted by atomic mass is 10.1. The minimum Gasteiger partial charge on any atom is -0.494 e. The third kappa shape index (κ3) is 11.5. The van der Waals surface area contributed by atoms with E-state index in [1.54, 1.807) is 12.1 Å². The number of hydrogen-bond donors (Lipinski definition) is 1. The van der Waals surface area contributed by atoms with E-state index < -0.39 is 6.09 Å². The first-order chi connectivity index (χ1) is 15.7. The molecule has 6 heteroatoms. The molecule has 2 aromatic rings. The zero-order valence-electron chi connectivity index (χ0n) is 19.0. The number of ether oxygens (including phenoxy) is 1. The van der Waals surface area contributed by atoms with Crippen molar-refractivity contribution in [1.29, 1.82) is 0 Å². The molecule has 0 heterocycles. The second-order valence-corrected chi connectivity index (χ2v) is 7.84. The molecule has 0 fully saturated rings. The molecule has 0 unspecified atom stereocenters. The van der Waals surface area contributed by atoms with Crippen LogP contribution in [-0.2, 0) is 4.84 Å². The number of hydrogen-bond acceptors (Lipinski definition) is 4. The molecule has 0 saturated carbocycles. The summed E-state index contributed by atoms with van der Waals surface area (Å²) in [6, 6.07) is 12.8. The first-order valence-electron chi connectivity index (χ1n) is 11.7. The minimum atomic E-state index is -0.706. The Balaban J connectivity index is 1.54. The number of amides is 1. The molecule has 0 saturated heterocycles. The number of oxime groups is 1. The number of unbranched alkanes of at least 4 members (excludes halogenated alkanes) is 9. The SMILES string of the molecule is CCCCCCCCCCCCOc1ccc(NC(=O)ON=Cc2ccc(F)cc2)cc1. The van der Waals surface area contributed by atoms with Crippen molar-refractivity contribution in [2.75, 3.05) is 11.9 Å². The van der Waals surface area contributed by atoms with Gasteiger partial charge in [0.1, 0.15) is 11.6 Å². The van der Waals surface area contributed by atoms with Crippen molar-refractivity contribution in [3.05, 3.63) is 59.9 Å². The van der Waals surface area contributed by atoms with Gasteiger partial charge in [-0.3, -0.25) is 10.2 Å². The van der Waals surface area contributed by atoms with E-state index in [-0.39, 0.29) is 5.82 Å². The maximum absolute atomic E-state index is 12.8. The molecule has 0 atom stereocenters. The molecule has 1 N–H and O–H groups in total. The highest BCUT2D eigenvalue weighted by Crippen LogP contribution is 2.17. The molecule has 32 heavy (non-hydrogen) atoms. The first kappa shape index (κ1) is 25.4. The maximum atomic E-state index is 12.8. The van der Waals surface area contributed by atoms with E-state index in [2.05, 4.69) is 17.4 Å². The fraction of sp³-hybridized carbons (Fsp3) is 0.462. The Hall–Kier alpha value is -2.89. The van der Waals surface area contributed by atoms with E-state index in [1.165, 1.54) is 88.3 Å². The van der Waals surface area contributed by atoms with E-state index in [0.29, 0.717) is 17.9 Å². The summed E-state index contributed by atoms with van der Waals surface area (Å²) in [4.78, 5) is 16.5. The summed E-state index contributed by atoms with van der Waals surface area (Å²) in [7, 11) is 0. The quantitative estimate of drug-likeness (QED) is 0.133. The summed E-state index contributed by atoms with van der Waals surface area (Å²) >= 11 is 0. The van der Waals surface area contributed by atoms with E-state index in [1.807, 2.05) is 12.1 Å². The predicted octanol–water partition coefficient (Wildman–Crippen LogP) is 7.71. The summed E-state index contributed by atoms with van der Waals surface area (Å²) in [6.07, 6.45) is 13.6. The lowest BCUT2D eigenvalue weighted by Gasteiger charge is -2.08. The van der Waals surface area contributed by atoms with Crippen LogP contribution in [0.15, 0.2) is 53.7 Å². The van der Waals surface area contributed by atoms with Crippen LogP contribution in [0.2, 0.25) is 0 Å². The fourth-order valence-corrected chi connectivity index (χ4v) is 3.24. The number of nitrogens with one attached hydrogen (secondary N) is 1. The average molecular weight is 443 g/mol. The molecule has 1 amide bonds. The molecule has 0 bridgehead atoms. The number of rotatable bonds is 15. The Morgan fingerprint density at radius 1 is 0.875 bits per heavy atom. The van der Waals surface area contributed by atoms with E-state index in [9.17, 15) is 9.18 Å². The number of benzene rings is 2. The molecule has 0 aliphatic carbocycles. The van der Waals surface area contributed by atoms with Crippen LogP contribution < -0.4 is 10.1 Å². The molecule has 5 nitrogen and oxygen atoms in total. The van der Waals surface area contributed by atoms with Gasteiger partial charge in [-0.1, -0.05) is 82.0 Å². The van der Waals surface area contributed by atoms with Gasteiger partial charge in [-0.2, -0.15) is 0 Å². The molecule has 0 aliphatic rings. The summed E-state index contributed by atoms with van der Waals surface area (Å²) < 4.78 is 18.6. The van der Waals surface area contributed by atoms with Crippen molar-refractivity contribution >= 4 is 18.0 Å². The lowest BCUT2D eigenvalue weighted by molar-refractivity contribution is 0.167. The van der Waals surface area contributed by atoms with Crippen molar-refractivity contribution in [3.63, 3.8) is 0 Å². The number of carbonyl (C=O) groups excluding carboxylic acids is 1. The van der Waals surface area contributed by atoms with Crippen molar-refractivity contribution < 1.29 is 18.8 Å². The van der Waals surface area contributed by atoms with Gasteiger partial charge in [-0.25, -0.2) is 9.18 Å². The standard InChI is InChI=1S/C26H35FN2O3/c1-2-3-4-5-6-7-8-9-10-11-20-31-25-18-16-24(17-19-25)29-26(30)32-28-21-22-12-14-23(27)15-13-22/h12-19,21H,2-11,20H2,1H3,(H,29,30). The fourth-order valence-electron chi connectivity index (χ4n) is 3.24. The number of carbonyl (C=O) groups is 1. The zero-order valence-corrected chi connectivity index (χ0v) is 19.0. The predicted molar refractivity (Wildman–Crippen MR) is 128 cm³/mol. The van der Waals surface area contributed by atoms with Crippen LogP contribution in [0.25, 0.3) is 0 Å². The van der Waals surface area contributed by atoms with Crippen LogP contribution in [0, 0.1) is 5.82 Å². The van der Waals surface area contributed by atoms with Crippen LogP contribution in [0.3, 0.4) is 0 Å². The molecule has 0 spiro atoms. The Morgan fingerprint density at radius 2 is 1.47 bits per heavy atom. The molecule has 0 aromatic heterocycles. The van der Waals surface area contributed by atoms with Crippen LogP contribution in [-0.4, -0.2) is 18.9 Å². The summed E-state index contributed by atoms with van der Waals surface area (Å²) in [5.41, 5.74) is 1.21. The van der Waals surface area contributed by atoms with Gasteiger partial charge < -0.3 is 4.74 Å². The largest absolute Gasteiger partial charge is 0.494 e. The third-order valence-electron chi connectivity index (χ3n) is 5.07. The molecule has 0 radical (unpaired) electrons. The highest BCUT2D eigenvalue weighted by molar-refractivity contribution is 5.85. The topological polar surface area (TPSA) is 59.9 Å². The van der Waals surface area contributed by atoms with Gasteiger partial charge >= 0.3 is 6.09 Å². The van der Waals surface area contributed by atoms with Gasteiger partial charge in [0, 0.05) is 5.69 Å². The van der Waals surface area contributed by atoms with Crippen molar-refractivity contribution in [2.45, 2.75) is 71.1 Å². The van der Waals surface area contributed by atoms with Crippen molar-refractivity contribution in [2.24, 2.45) is 5.16 Å². The van der Waals surface area contributed by atoms with Crippen LogP contribution in [0.1, 0.15) is 76.7 Å². The Morgan fingerprint density at radius 3 is 2.09 bits per heavy atom. The van der Waals surface area contributed by atoms with Crippen molar-refractivity contribution in [3.8, 4) is 5.75 Å². The normalized spacial score (nSPS) is 10.9. The third-order valence-corrected chi connectivity index (χ3v) is 5.07.